The molecule has 2 rings (SSSR count). The second-order valence-corrected chi connectivity index (χ2v) is 2.77. The van der Waals surface area contributed by atoms with Gasteiger partial charge in [-0.05, 0) is 24.5 Å². The van der Waals surface area contributed by atoms with Gasteiger partial charge in [-0.3, -0.25) is 0 Å². The molecular formula is C8H10FN. The van der Waals surface area contributed by atoms with Crippen molar-refractivity contribution in [1.29, 1.82) is 0 Å². The average Bonchev–Trinajstić information content (AvgIpc) is 2.33. The zero-order valence-electron chi connectivity index (χ0n) is 5.78. The molecule has 0 unspecified atom stereocenters. The highest BCUT2D eigenvalue weighted by molar-refractivity contribution is 5.33. The van der Waals surface area contributed by atoms with Crippen LogP contribution in [0.3, 0.4) is 0 Å². The Morgan fingerprint density at radius 3 is 3.10 bits per heavy atom. The Labute approximate surface area is 59.6 Å². The minimum absolute atomic E-state index is 0.0439. The molecule has 2 aliphatic rings. The van der Waals surface area contributed by atoms with Crippen LogP contribution in [0.2, 0.25) is 0 Å². The van der Waals surface area contributed by atoms with Crippen LogP contribution in [0.25, 0.3) is 0 Å². The molecule has 0 amide bonds. The smallest absolute Gasteiger partial charge is 0.101 e. The van der Waals surface area contributed by atoms with Gasteiger partial charge in [0.05, 0.1) is 0 Å². The molecule has 0 aromatic heterocycles. The Hall–Kier alpha value is -0.790. The maximum Gasteiger partial charge on any atom is 0.101 e. The van der Waals surface area contributed by atoms with Gasteiger partial charge in [-0.25, -0.2) is 4.39 Å². The van der Waals surface area contributed by atoms with Crippen molar-refractivity contribution in [2.24, 2.45) is 0 Å². The molecule has 0 bridgehead atoms. The second kappa shape index (κ2) is 2.11. The van der Waals surface area contributed by atoms with E-state index in [1.807, 2.05) is 0 Å². The molecule has 0 aromatic rings. The summed E-state index contributed by atoms with van der Waals surface area (Å²) in [5, 5.41) is 3.25. The van der Waals surface area contributed by atoms with E-state index in [0.717, 1.165) is 19.4 Å². The number of hydrogen-bond acceptors (Lipinski definition) is 1. The number of nitrogens with one attached hydrogen (secondary N) is 1. The van der Waals surface area contributed by atoms with E-state index in [-0.39, 0.29) is 5.83 Å². The van der Waals surface area contributed by atoms with E-state index < -0.39 is 0 Å². The Morgan fingerprint density at radius 1 is 1.30 bits per heavy atom. The lowest BCUT2D eigenvalue weighted by Gasteiger charge is -2.08. The van der Waals surface area contributed by atoms with E-state index in [4.69, 9.17) is 0 Å². The molecule has 0 radical (unpaired) electrons. The first kappa shape index (κ1) is 5.96. The van der Waals surface area contributed by atoms with Crippen LogP contribution in [0.1, 0.15) is 19.3 Å². The summed E-state index contributed by atoms with van der Waals surface area (Å²) in [6.45, 7) is 0.994. The largest absolute Gasteiger partial charge is 0.388 e. The monoisotopic (exact) mass is 139 g/mol. The van der Waals surface area contributed by atoms with Gasteiger partial charge in [0.15, 0.2) is 0 Å². The normalized spacial score (nSPS) is 23.9. The van der Waals surface area contributed by atoms with Gasteiger partial charge in [-0.2, -0.15) is 0 Å². The number of hydrogen-bond donors (Lipinski definition) is 1. The third-order valence-corrected chi connectivity index (χ3v) is 2.07. The molecule has 1 heterocycles. The molecule has 0 atom stereocenters. The second-order valence-electron chi connectivity index (χ2n) is 2.77. The van der Waals surface area contributed by atoms with Gasteiger partial charge >= 0.3 is 0 Å². The third-order valence-electron chi connectivity index (χ3n) is 2.07. The van der Waals surface area contributed by atoms with Crippen LogP contribution in [0.15, 0.2) is 23.2 Å². The van der Waals surface area contributed by atoms with Gasteiger partial charge in [0.2, 0.25) is 0 Å². The predicted molar refractivity (Wildman–Crippen MR) is 38.1 cm³/mol. The van der Waals surface area contributed by atoms with E-state index in [1.165, 1.54) is 11.3 Å². The molecule has 1 aliphatic carbocycles. The molecule has 1 aliphatic heterocycles. The Kier molecular flexibility index (Phi) is 1.26. The zero-order valence-corrected chi connectivity index (χ0v) is 5.78. The fraction of sp³-hybridized carbons (Fsp3) is 0.500. The maximum atomic E-state index is 12.6. The fourth-order valence-electron chi connectivity index (χ4n) is 1.53. The summed E-state index contributed by atoms with van der Waals surface area (Å²) in [6, 6.07) is 0. The van der Waals surface area contributed by atoms with Gasteiger partial charge < -0.3 is 5.32 Å². The fourth-order valence-corrected chi connectivity index (χ4v) is 1.53. The number of allylic oxidation sites excluding steroid dienone is 3. The average molecular weight is 139 g/mol. The zero-order chi connectivity index (χ0) is 6.97. The Bertz CT molecular complexity index is 215. The topological polar surface area (TPSA) is 12.0 Å². The number of rotatable bonds is 0. The first-order chi connectivity index (χ1) is 4.86. The summed E-state index contributed by atoms with van der Waals surface area (Å²) in [5.74, 6) is 0.0439. The summed E-state index contributed by atoms with van der Waals surface area (Å²) >= 11 is 0. The molecular weight excluding hydrogens is 129 g/mol. The van der Waals surface area contributed by atoms with Crippen LogP contribution in [0.5, 0.6) is 0 Å². The summed E-state index contributed by atoms with van der Waals surface area (Å²) in [4.78, 5) is 0. The van der Waals surface area contributed by atoms with Gasteiger partial charge in [-0.1, -0.05) is 0 Å². The van der Waals surface area contributed by atoms with Crippen molar-refractivity contribution in [3.8, 4) is 0 Å². The summed E-state index contributed by atoms with van der Waals surface area (Å²) < 4.78 is 12.6. The number of halogens is 1. The summed E-state index contributed by atoms with van der Waals surface area (Å²) in [5.41, 5.74) is 2.45. The van der Waals surface area contributed by atoms with E-state index >= 15 is 0 Å². The molecule has 0 fully saturated rings. The Morgan fingerprint density at radius 2 is 2.20 bits per heavy atom. The van der Waals surface area contributed by atoms with Gasteiger partial charge in [0.1, 0.15) is 5.83 Å². The van der Waals surface area contributed by atoms with E-state index in [2.05, 4.69) is 5.32 Å². The van der Waals surface area contributed by atoms with Crippen molar-refractivity contribution < 1.29 is 4.39 Å². The quantitative estimate of drug-likeness (QED) is 0.540. The van der Waals surface area contributed by atoms with Crippen LogP contribution < -0.4 is 5.32 Å². The minimum atomic E-state index is 0.0439. The highest BCUT2D eigenvalue weighted by Gasteiger charge is 2.16. The maximum absolute atomic E-state index is 12.6. The SMILES string of the molecule is FC1=CC2=C(CC1)NCC2. The summed E-state index contributed by atoms with van der Waals surface area (Å²) in [7, 11) is 0. The lowest BCUT2D eigenvalue weighted by atomic mass is 10.0. The first-order valence-corrected chi connectivity index (χ1v) is 3.68. The van der Waals surface area contributed by atoms with Crippen molar-refractivity contribution in [3.05, 3.63) is 23.2 Å². The lowest BCUT2D eigenvalue weighted by Crippen LogP contribution is -2.08. The molecule has 2 heteroatoms. The highest BCUT2D eigenvalue weighted by Crippen LogP contribution is 2.27. The minimum Gasteiger partial charge on any atom is -0.388 e. The van der Waals surface area contributed by atoms with Gasteiger partial charge in [-0.15, -0.1) is 0 Å². The van der Waals surface area contributed by atoms with Crippen molar-refractivity contribution in [2.75, 3.05) is 6.54 Å². The highest BCUT2D eigenvalue weighted by atomic mass is 19.1. The molecule has 54 valence electrons. The third kappa shape index (κ3) is 0.838. The van der Waals surface area contributed by atoms with Crippen LogP contribution >= 0.6 is 0 Å². The molecule has 1 N–H and O–H groups in total. The first-order valence-electron chi connectivity index (χ1n) is 3.68. The van der Waals surface area contributed by atoms with Crippen LogP contribution in [-0.2, 0) is 0 Å². The molecule has 10 heavy (non-hydrogen) atoms. The van der Waals surface area contributed by atoms with Crippen LogP contribution in [0, 0.1) is 0 Å². The molecule has 0 aromatic carbocycles. The summed E-state index contributed by atoms with van der Waals surface area (Å²) in [6.07, 6.45) is 4.14. The van der Waals surface area contributed by atoms with E-state index in [0.29, 0.717) is 6.42 Å². The standard InChI is InChI=1S/C8H10FN/c9-7-1-2-8-6(5-7)3-4-10-8/h5,10H,1-4H2. The van der Waals surface area contributed by atoms with Gasteiger partial charge in [0.25, 0.3) is 0 Å². The van der Waals surface area contributed by atoms with Crippen LogP contribution in [0.4, 0.5) is 4.39 Å². The lowest BCUT2D eigenvalue weighted by molar-refractivity contribution is 0.575. The van der Waals surface area contributed by atoms with Gasteiger partial charge in [0, 0.05) is 18.7 Å². The molecule has 0 saturated carbocycles. The molecule has 1 nitrogen and oxygen atoms in total. The predicted octanol–water partition coefficient (Wildman–Crippen LogP) is 1.88. The van der Waals surface area contributed by atoms with Crippen LogP contribution in [-0.4, -0.2) is 6.54 Å². The van der Waals surface area contributed by atoms with Crippen molar-refractivity contribution in [1.82, 2.24) is 5.32 Å². The van der Waals surface area contributed by atoms with E-state index in [9.17, 15) is 4.39 Å². The Balaban J connectivity index is 2.29. The molecule has 0 spiro atoms. The van der Waals surface area contributed by atoms with Crippen molar-refractivity contribution in [3.63, 3.8) is 0 Å². The van der Waals surface area contributed by atoms with E-state index in [1.54, 1.807) is 6.08 Å². The van der Waals surface area contributed by atoms with Crippen molar-refractivity contribution in [2.45, 2.75) is 19.3 Å². The van der Waals surface area contributed by atoms with Crippen molar-refractivity contribution >= 4 is 0 Å². The molecule has 0 saturated heterocycles.